The quantitative estimate of drug-likeness (QED) is 0.436. The van der Waals surface area contributed by atoms with E-state index in [2.05, 4.69) is 19.1 Å². The molecule has 0 aromatic heterocycles. The highest BCUT2D eigenvalue weighted by Crippen LogP contribution is 2.67. The summed E-state index contributed by atoms with van der Waals surface area (Å²) in [6.45, 7) is 2.41. The Hall–Kier alpha value is -0.260. The van der Waals surface area contributed by atoms with Crippen molar-refractivity contribution in [2.45, 2.75) is 32.6 Å². The number of fused-ring (bicyclic) bond motifs is 9. The SMILES string of the molecule is CC[C@H]1C[C@H]2C[C@@H]1C1C3C=CC(C3)C12. The van der Waals surface area contributed by atoms with Crippen LogP contribution in [0, 0.1) is 41.4 Å². The fraction of sp³-hybridized carbons (Fsp3) is 0.857. The second-order valence-electron chi connectivity index (χ2n) is 6.17. The number of hydrogen-bond acceptors (Lipinski definition) is 0. The summed E-state index contributed by atoms with van der Waals surface area (Å²) in [5, 5.41) is 0. The Labute approximate surface area is 86.8 Å². The Bertz CT molecular complexity index is 290. The zero-order valence-electron chi connectivity index (χ0n) is 9.02. The van der Waals surface area contributed by atoms with Gasteiger partial charge in [0.05, 0.1) is 0 Å². The lowest BCUT2D eigenvalue weighted by atomic mass is 9.69. The molecule has 7 atom stereocenters. The van der Waals surface area contributed by atoms with E-state index in [0.717, 1.165) is 41.4 Å². The van der Waals surface area contributed by atoms with Crippen molar-refractivity contribution in [2.75, 3.05) is 0 Å². The minimum absolute atomic E-state index is 1.01. The van der Waals surface area contributed by atoms with Gasteiger partial charge in [-0.1, -0.05) is 25.5 Å². The standard InChI is InChI=1S/C14H20/c1-2-8-5-11-7-12(8)14-10-4-3-9(6-10)13(11)14/h3-4,8-14H,2,5-7H2,1H3/t8-,9?,10?,11-,12-,13?,14?/m0/s1. The Kier molecular flexibility index (Phi) is 1.40. The molecule has 76 valence electrons. The zero-order chi connectivity index (χ0) is 9.28. The molecule has 4 aliphatic rings. The largest absolute Gasteiger partial charge is 0.0848 e. The van der Waals surface area contributed by atoms with Crippen LogP contribution in [-0.4, -0.2) is 0 Å². The smallest absolute Gasteiger partial charge is 0.0194 e. The van der Waals surface area contributed by atoms with E-state index in [0.29, 0.717) is 0 Å². The van der Waals surface area contributed by atoms with E-state index in [1.165, 1.54) is 12.8 Å². The molecule has 0 amide bonds. The van der Waals surface area contributed by atoms with Crippen LogP contribution in [0.15, 0.2) is 12.2 Å². The van der Waals surface area contributed by atoms with Gasteiger partial charge in [0.1, 0.15) is 0 Å². The van der Waals surface area contributed by atoms with Crippen molar-refractivity contribution in [3.63, 3.8) is 0 Å². The first kappa shape index (κ1) is 7.96. The lowest BCUT2D eigenvalue weighted by molar-refractivity contribution is 0.147. The Morgan fingerprint density at radius 3 is 2.57 bits per heavy atom. The van der Waals surface area contributed by atoms with E-state index in [1.54, 1.807) is 12.8 Å². The van der Waals surface area contributed by atoms with E-state index in [9.17, 15) is 0 Å². The molecule has 0 heterocycles. The van der Waals surface area contributed by atoms with Gasteiger partial charge in [0.2, 0.25) is 0 Å². The fourth-order valence-corrected chi connectivity index (χ4v) is 5.62. The molecular formula is C14H20. The molecule has 0 radical (unpaired) electrons. The highest BCUT2D eigenvalue weighted by atomic mass is 14.6. The minimum Gasteiger partial charge on any atom is -0.0848 e. The summed E-state index contributed by atoms with van der Waals surface area (Å²) < 4.78 is 0. The second kappa shape index (κ2) is 2.46. The molecule has 0 saturated heterocycles. The van der Waals surface area contributed by atoms with Crippen LogP contribution < -0.4 is 0 Å². The van der Waals surface area contributed by atoms with E-state index in [-0.39, 0.29) is 0 Å². The van der Waals surface area contributed by atoms with Gasteiger partial charge in [-0.25, -0.2) is 0 Å². The molecule has 0 aliphatic heterocycles. The number of allylic oxidation sites excluding steroid dienone is 2. The summed E-state index contributed by atoms with van der Waals surface area (Å²) in [5.74, 6) is 7.66. The molecule has 0 nitrogen and oxygen atoms in total. The molecule has 0 heteroatoms. The molecule has 4 unspecified atom stereocenters. The molecule has 4 aliphatic carbocycles. The lowest BCUT2D eigenvalue weighted by Crippen LogP contribution is -2.30. The van der Waals surface area contributed by atoms with Gasteiger partial charge < -0.3 is 0 Å². The predicted molar refractivity (Wildman–Crippen MR) is 57.7 cm³/mol. The first-order chi connectivity index (χ1) is 6.88. The summed E-state index contributed by atoms with van der Waals surface area (Å²) in [7, 11) is 0. The third kappa shape index (κ3) is 0.741. The van der Waals surface area contributed by atoms with Gasteiger partial charge in [-0.3, -0.25) is 0 Å². The molecule has 4 rings (SSSR count). The number of hydrogen-bond donors (Lipinski definition) is 0. The first-order valence-electron chi connectivity index (χ1n) is 6.56. The summed E-state index contributed by atoms with van der Waals surface area (Å²) >= 11 is 0. The van der Waals surface area contributed by atoms with Crippen molar-refractivity contribution in [1.29, 1.82) is 0 Å². The van der Waals surface area contributed by atoms with Crippen LogP contribution in [0.1, 0.15) is 32.6 Å². The van der Waals surface area contributed by atoms with Crippen LogP contribution in [0.3, 0.4) is 0 Å². The van der Waals surface area contributed by atoms with Gasteiger partial charge in [0.15, 0.2) is 0 Å². The van der Waals surface area contributed by atoms with Crippen LogP contribution in [0.25, 0.3) is 0 Å². The Morgan fingerprint density at radius 2 is 1.79 bits per heavy atom. The van der Waals surface area contributed by atoms with Gasteiger partial charge in [0, 0.05) is 0 Å². The molecule has 0 aromatic rings. The molecule has 0 aromatic carbocycles. The molecule has 0 spiro atoms. The van der Waals surface area contributed by atoms with Gasteiger partial charge in [-0.15, -0.1) is 0 Å². The van der Waals surface area contributed by atoms with Crippen molar-refractivity contribution in [1.82, 2.24) is 0 Å². The maximum Gasteiger partial charge on any atom is -0.0194 e. The van der Waals surface area contributed by atoms with Crippen molar-refractivity contribution in [3.8, 4) is 0 Å². The van der Waals surface area contributed by atoms with Gasteiger partial charge in [-0.2, -0.15) is 0 Å². The number of rotatable bonds is 1. The molecule has 4 bridgehead atoms. The van der Waals surface area contributed by atoms with Crippen LogP contribution in [0.4, 0.5) is 0 Å². The summed E-state index contributed by atoms with van der Waals surface area (Å²) in [5.41, 5.74) is 0. The highest BCUT2D eigenvalue weighted by molar-refractivity contribution is 5.20. The molecule has 3 fully saturated rings. The second-order valence-corrected chi connectivity index (χ2v) is 6.17. The van der Waals surface area contributed by atoms with Crippen LogP contribution in [0.5, 0.6) is 0 Å². The molecule has 3 saturated carbocycles. The average Bonchev–Trinajstić information content (AvgIpc) is 2.94. The van der Waals surface area contributed by atoms with Crippen LogP contribution in [0.2, 0.25) is 0 Å². The predicted octanol–water partition coefficient (Wildman–Crippen LogP) is 3.49. The molecule has 14 heavy (non-hydrogen) atoms. The minimum atomic E-state index is 1.01. The Morgan fingerprint density at radius 1 is 1.00 bits per heavy atom. The topological polar surface area (TPSA) is 0 Å². The van der Waals surface area contributed by atoms with Crippen LogP contribution in [-0.2, 0) is 0 Å². The molecular weight excluding hydrogens is 168 g/mol. The third-order valence-corrected chi connectivity index (χ3v) is 5.93. The lowest BCUT2D eigenvalue weighted by Gasteiger charge is -2.36. The first-order valence-corrected chi connectivity index (χ1v) is 6.56. The summed E-state index contributed by atoms with van der Waals surface area (Å²) in [6.07, 6.45) is 11.3. The van der Waals surface area contributed by atoms with Gasteiger partial charge >= 0.3 is 0 Å². The monoisotopic (exact) mass is 188 g/mol. The Balaban J connectivity index is 1.72. The fourth-order valence-electron chi connectivity index (χ4n) is 5.62. The van der Waals surface area contributed by atoms with Crippen molar-refractivity contribution >= 4 is 0 Å². The van der Waals surface area contributed by atoms with Crippen molar-refractivity contribution in [3.05, 3.63) is 12.2 Å². The van der Waals surface area contributed by atoms with Crippen molar-refractivity contribution < 1.29 is 0 Å². The van der Waals surface area contributed by atoms with E-state index in [4.69, 9.17) is 0 Å². The summed E-state index contributed by atoms with van der Waals surface area (Å²) in [4.78, 5) is 0. The highest BCUT2D eigenvalue weighted by Gasteiger charge is 2.60. The zero-order valence-corrected chi connectivity index (χ0v) is 9.02. The summed E-state index contributed by atoms with van der Waals surface area (Å²) in [6, 6.07) is 0. The van der Waals surface area contributed by atoms with E-state index < -0.39 is 0 Å². The van der Waals surface area contributed by atoms with Gasteiger partial charge in [0.25, 0.3) is 0 Å². The third-order valence-electron chi connectivity index (χ3n) is 5.93. The van der Waals surface area contributed by atoms with E-state index >= 15 is 0 Å². The molecule has 0 N–H and O–H groups in total. The van der Waals surface area contributed by atoms with Crippen LogP contribution >= 0.6 is 0 Å². The van der Waals surface area contributed by atoms with Gasteiger partial charge in [-0.05, 0) is 60.7 Å². The maximum atomic E-state index is 2.55. The van der Waals surface area contributed by atoms with E-state index in [1.807, 2.05) is 0 Å². The maximum absolute atomic E-state index is 2.55. The van der Waals surface area contributed by atoms with Crippen molar-refractivity contribution in [2.24, 2.45) is 41.4 Å². The normalized spacial score (nSPS) is 62.5. The average molecular weight is 188 g/mol.